The van der Waals surface area contributed by atoms with Gasteiger partial charge in [-0.25, -0.2) is 12.8 Å². The molecule has 7 heteroatoms. The van der Waals surface area contributed by atoms with Crippen LogP contribution in [0.15, 0.2) is 53.4 Å². The monoisotopic (exact) mass is 418 g/mol. The summed E-state index contributed by atoms with van der Waals surface area (Å²) in [5.74, 6) is -0.626. The number of benzene rings is 2. The first-order valence-corrected chi connectivity index (χ1v) is 11.4. The van der Waals surface area contributed by atoms with Crippen molar-refractivity contribution >= 4 is 15.9 Å². The lowest BCUT2D eigenvalue weighted by atomic mass is 9.96. The third-order valence-corrected chi connectivity index (χ3v) is 7.38. The minimum absolute atomic E-state index is 0.0157. The Morgan fingerprint density at radius 1 is 1.10 bits per heavy atom. The molecule has 156 valence electrons. The van der Waals surface area contributed by atoms with Crippen molar-refractivity contribution in [2.24, 2.45) is 0 Å². The van der Waals surface area contributed by atoms with Crippen LogP contribution >= 0.6 is 0 Å². The topological polar surface area (TPSA) is 66.5 Å². The normalized spacial score (nSPS) is 15.4. The van der Waals surface area contributed by atoms with Gasteiger partial charge in [0.05, 0.1) is 4.90 Å². The van der Waals surface area contributed by atoms with Crippen LogP contribution in [0, 0.1) is 5.82 Å². The van der Waals surface area contributed by atoms with Crippen LogP contribution in [0.2, 0.25) is 0 Å². The van der Waals surface area contributed by atoms with E-state index in [2.05, 4.69) is 5.32 Å². The van der Waals surface area contributed by atoms with Gasteiger partial charge >= 0.3 is 0 Å². The Labute approximate surface area is 172 Å². The van der Waals surface area contributed by atoms with Gasteiger partial charge in [-0.05, 0) is 55.2 Å². The van der Waals surface area contributed by atoms with E-state index in [0.29, 0.717) is 18.5 Å². The summed E-state index contributed by atoms with van der Waals surface area (Å²) in [6.07, 6.45) is 5.55. The number of halogens is 1. The summed E-state index contributed by atoms with van der Waals surface area (Å²) in [6, 6.07) is 12.3. The molecule has 0 spiro atoms. The average Bonchev–Trinajstić information content (AvgIpc) is 2.75. The van der Waals surface area contributed by atoms with Gasteiger partial charge in [0.1, 0.15) is 5.82 Å². The molecule has 1 amide bonds. The van der Waals surface area contributed by atoms with Crippen LogP contribution < -0.4 is 5.32 Å². The molecule has 0 bridgehead atoms. The molecule has 0 atom stereocenters. The largest absolute Gasteiger partial charge is 0.352 e. The zero-order valence-electron chi connectivity index (χ0n) is 16.6. The van der Waals surface area contributed by atoms with Crippen LogP contribution in [-0.2, 0) is 16.4 Å². The molecule has 2 aromatic carbocycles. The lowest BCUT2D eigenvalue weighted by Crippen LogP contribution is -2.38. The first-order chi connectivity index (χ1) is 13.9. The smallest absolute Gasteiger partial charge is 0.251 e. The average molecular weight is 419 g/mol. The maximum atomic E-state index is 13.0. The van der Waals surface area contributed by atoms with E-state index in [1.807, 2.05) is 0 Å². The summed E-state index contributed by atoms with van der Waals surface area (Å²) >= 11 is 0. The van der Waals surface area contributed by atoms with E-state index in [1.165, 1.54) is 28.6 Å². The standard InChI is InChI=1S/C22H27FN2O3S/c1-25(20-7-3-2-4-8-20)29(27,28)21-9-5-6-18(16-21)22(26)24-15-14-17-10-12-19(23)13-11-17/h5-6,9-13,16,20H,2-4,7-8,14-15H2,1H3,(H,24,26). The number of rotatable bonds is 7. The Morgan fingerprint density at radius 2 is 1.79 bits per heavy atom. The fourth-order valence-corrected chi connectivity index (χ4v) is 5.14. The third-order valence-electron chi connectivity index (χ3n) is 5.47. The second-order valence-corrected chi connectivity index (χ2v) is 9.47. The summed E-state index contributed by atoms with van der Waals surface area (Å²) in [7, 11) is -2.02. The zero-order chi connectivity index (χ0) is 20.9. The number of amides is 1. The number of nitrogens with one attached hydrogen (secondary N) is 1. The number of hydrogen-bond donors (Lipinski definition) is 1. The molecule has 0 aromatic heterocycles. The molecule has 0 unspecified atom stereocenters. The Hall–Kier alpha value is -2.25. The SMILES string of the molecule is CN(C1CCCCC1)S(=O)(=O)c1cccc(C(=O)NCCc2ccc(F)cc2)c1. The van der Waals surface area contributed by atoms with Crippen LogP contribution in [0.1, 0.15) is 48.0 Å². The van der Waals surface area contributed by atoms with Gasteiger partial charge in [-0.3, -0.25) is 4.79 Å². The van der Waals surface area contributed by atoms with Gasteiger partial charge in [0.2, 0.25) is 10.0 Å². The molecule has 0 radical (unpaired) electrons. The Balaban J connectivity index is 1.64. The molecule has 0 aliphatic heterocycles. The van der Waals surface area contributed by atoms with E-state index < -0.39 is 10.0 Å². The molecule has 5 nitrogen and oxygen atoms in total. The Kier molecular flexibility index (Phi) is 7.03. The van der Waals surface area contributed by atoms with Crippen LogP contribution in [0.25, 0.3) is 0 Å². The van der Waals surface area contributed by atoms with Crippen molar-refractivity contribution in [3.05, 3.63) is 65.5 Å². The Bertz CT molecular complexity index is 939. The first-order valence-electron chi connectivity index (χ1n) is 9.98. The predicted molar refractivity (Wildman–Crippen MR) is 111 cm³/mol. The van der Waals surface area contributed by atoms with E-state index in [1.54, 1.807) is 31.3 Å². The highest BCUT2D eigenvalue weighted by Crippen LogP contribution is 2.26. The number of carbonyl (C=O) groups is 1. The van der Waals surface area contributed by atoms with Crippen molar-refractivity contribution in [3.63, 3.8) is 0 Å². The number of hydrogen-bond acceptors (Lipinski definition) is 3. The van der Waals surface area contributed by atoms with Gasteiger partial charge in [0, 0.05) is 25.2 Å². The van der Waals surface area contributed by atoms with Gasteiger partial charge < -0.3 is 5.32 Å². The number of carbonyl (C=O) groups excluding carboxylic acids is 1. The molecular weight excluding hydrogens is 391 g/mol. The molecule has 1 aliphatic carbocycles. The third kappa shape index (κ3) is 5.42. The van der Waals surface area contributed by atoms with E-state index in [4.69, 9.17) is 0 Å². The maximum absolute atomic E-state index is 13.0. The fourth-order valence-electron chi connectivity index (χ4n) is 3.68. The van der Waals surface area contributed by atoms with Crippen molar-refractivity contribution in [1.29, 1.82) is 0 Å². The summed E-state index contributed by atoms with van der Waals surface area (Å²) in [4.78, 5) is 12.6. The predicted octanol–water partition coefficient (Wildman–Crippen LogP) is 3.75. The van der Waals surface area contributed by atoms with Crippen molar-refractivity contribution in [1.82, 2.24) is 9.62 Å². The lowest BCUT2D eigenvalue weighted by Gasteiger charge is -2.30. The van der Waals surface area contributed by atoms with E-state index in [9.17, 15) is 17.6 Å². The lowest BCUT2D eigenvalue weighted by molar-refractivity contribution is 0.0954. The van der Waals surface area contributed by atoms with Crippen LogP contribution in [-0.4, -0.2) is 38.3 Å². The second kappa shape index (κ2) is 9.50. The van der Waals surface area contributed by atoms with E-state index in [-0.39, 0.29) is 22.7 Å². The summed E-state index contributed by atoms with van der Waals surface area (Å²) in [5.41, 5.74) is 1.22. The molecule has 3 rings (SSSR count). The highest BCUT2D eigenvalue weighted by molar-refractivity contribution is 7.89. The van der Waals surface area contributed by atoms with Crippen LogP contribution in [0.5, 0.6) is 0 Å². The molecule has 2 aromatic rings. The van der Waals surface area contributed by atoms with Crippen molar-refractivity contribution in [2.75, 3.05) is 13.6 Å². The summed E-state index contributed by atoms with van der Waals surface area (Å²) < 4.78 is 40.4. The molecule has 1 aliphatic rings. The van der Waals surface area contributed by atoms with Gasteiger partial charge in [-0.2, -0.15) is 4.31 Å². The van der Waals surface area contributed by atoms with Crippen molar-refractivity contribution in [3.8, 4) is 0 Å². The second-order valence-electron chi connectivity index (χ2n) is 7.47. The summed E-state index contributed by atoms with van der Waals surface area (Å²) in [5, 5.41) is 2.79. The van der Waals surface area contributed by atoms with Crippen molar-refractivity contribution < 1.29 is 17.6 Å². The minimum atomic E-state index is -3.64. The molecule has 29 heavy (non-hydrogen) atoms. The minimum Gasteiger partial charge on any atom is -0.352 e. The van der Waals surface area contributed by atoms with Gasteiger partial charge in [-0.15, -0.1) is 0 Å². The first kappa shape index (κ1) is 21.5. The maximum Gasteiger partial charge on any atom is 0.251 e. The summed E-state index contributed by atoms with van der Waals surface area (Å²) in [6.45, 7) is 0.378. The zero-order valence-corrected chi connectivity index (χ0v) is 17.4. The van der Waals surface area contributed by atoms with E-state index >= 15 is 0 Å². The van der Waals surface area contributed by atoms with Gasteiger partial charge in [-0.1, -0.05) is 37.5 Å². The fraction of sp³-hybridized carbons (Fsp3) is 0.409. The van der Waals surface area contributed by atoms with Gasteiger partial charge in [0.25, 0.3) is 5.91 Å². The van der Waals surface area contributed by atoms with E-state index in [0.717, 1.165) is 37.7 Å². The highest BCUT2D eigenvalue weighted by Gasteiger charge is 2.29. The molecule has 1 fully saturated rings. The number of sulfonamides is 1. The van der Waals surface area contributed by atoms with Gasteiger partial charge in [0.15, 0.2) is 0 Å². The molecule has 0 saturated heterocycles. The number of nitrogens with zero attached hydrogens (tertiary/aromatic N) is 1. The van der Waals surface area contributed by atoms with Crippen molar-refractivity contribution in [2.45, 2.75) is 49.5 Å². The molecular formula is C22H27FN2O3S. The van der Waals surface area contributed by atoms with Crippen LogP contribution in [0.3, 0.4) is 0 Å². The Morgan fingerprint density at radius 3 is 2.48 bits per heavy atom. The highest BCUT2D eigenvalue weighted by atomic mass is 32.2. The quantitative estimate of drug-likeness (QED) is 0.745. The molecule has 1 saturated carbocycles. The molecule has 0 heterocycles. The van der Waals surface area contributed by atoms with Crippen LogP contribution in [0.4, 0.5) is 4.39 Å². The molecule has 1 N–H and O–H groups in total.